The summed E-state index contributed by atoms with van der Waals surface area (Å²) in [5.74, 6) is 0. The van der Waals surface area contributed by atoms with Crippen LogP contribution in [0, 0.1) is 0 Å². The van der Waals surface area contributed by atoms with Gasteiger partial charge in [0.05, 0.1) is 0 Å². The van der Waals surface area contributed by atoms with E-state index < -0.39 is 0 Å². The lowest BCUT2D eigenvalue weighted by atomic mass is 10.1. The second-order valence-electron chi connectivity index (χ2n) is 5.85. The van der Waals surface area contributed by atoms with Crippen LogP contribution >= 0.6 is 0 Å². The third kappa shape index (κ3) is 2.46. The van der Waals surface area contributed by atoms with Crippen molar-refractivity contribution in [3.63, 3.8) is 0 Å². The van der Waals surface area contributed by atoms with Crippen molar-refractivity contribution in [3.8, 4) is 0 Å². The molecule has 4 N–H and O–H groups in total. The van der Waals surface area contributed by atoms with Crippen LogP contribution < -0.4 is 16.0 Å². The van der Waals surface area contributed by atoms with Gasteiger partial charge in [0.2, 0.25) is 11.0 Å². The Balaban J connectivity index is 2.06. The van der Waals surface area contributed by atoms with Crippen LogP contribution in [-0.4, -0.2) is 0 Å². The Hall–Kier alpha value is -3.07. The van der Waals surface area contributed by atoms with E-state index in [1.165, 1.54) is 16.3 Å². The normalized spacial score (nSPS) is 11.1. The van der Waals surface area contributed by atoms with E-state index in [9.17, 15) is 0 Å². The van der Waals surface area contributed by atoms with Crippen molar-refractivity contribution in [2.75, 3.05) is 11.5 Å². The van der Waals surface area contributed by atoms with Crippen molar-refractivity contribution in [1.82, 2.24) is 0 Å². The summed E-state index contributed by atoms with van der Waals surface area (Å²) >= 11 is 0. The van der Waals surface area contributed by atoms with Gasteiger partial charge in [0.1, 0.15) is 0 Å². The van der Waals surface area contributed by atoms with Gasteiger partial charge in [0, 0.05) is 39.8 Å². The van der Waals surface area contributed by atoms with E-state index in [2.05, 4.69) is 47.0 Å². The number of fused-ring (bicyclic) bond motifs is 2. The summed E-state index contributed by atoms with van der Waals surface area (Å²) < 4.78 is 2.28. The maximum absolute atomic E-state index is 6.02. The number of anilines is 2. The lowest BCUT2D eigenvalue weighted by Crippen LogP contribution is -2.36. The van der Waals surface area contributed by atoms with Crippen molar-refractivity contribution in [1.29, 1.82) is 0 Å². The number of nitrogens with two attached hydrogens (primary N) is 2. The highest BCUT2D eigenvalue weighted by Gasteiger charge is 2.16. The van der Waals surface area contributed by atoms with Crippen LogP contribution in [0.5, 0.6) is 0 Å². The number of nitrogen functional groups attached to an aromatic ring is 2. The average Bonchev–Trinajstić information content (AvgIpc) is 2.56. The zero-order chi connectivity index (χ0) is 15.8. The van der Waals surface area contributed by atoms with E-state index in [1.807, 2.05) is 30.3 Å². The molecule has 4 rings (SSSR count). The summed E-state index contributed by atoms with van der Waals surface area (Å²) in [5, 5.41) is 2.35. The van der Waals surface area contributed by atoms with Gasteiger partial charge in [0.15, 0.2) is 6.54 Å². The highest BCUT2D eigenvalue weighted by molar-refractivity contribution is 5.91. The molecule has 0 aliphatic rings. The third-order valence-electron chi connectivity index (χ3n) is 4.19. The van der Waals surface area contributed by atoms with Crippen LogP contribution in [0.1, 0.15) is 5.56 Å². The molecule has 0 unspecified atom stereocenters. The second-order valence-corrected chi connectivity index (χ2v) is 5.85. The monoisotopic (exact) mass is 300 g/mol. The van der Waals surface area contributed by atoms with E-state index in [1.54, 1.807) is 0 Å². The molecule has 1 heterocycles. The first-order valence-corrected chi connectivity index (χ1v) is 7.66. The number of hydrogen-bond acceptors (Lipinski definition) is 2. The van der Waals surface area contributed by atoms with Gasteiger partial charge in [-0.1, -0.05) is 30.3 Å². The number of nitrogens with zero attached hydrogens (tertiary/aromatic N) is 1. The molecular formula is C20H18N3+. The number of hydrogen-bond donors (Lipinski definition) is 2. The Morgan fingerprint density at radius 1 is 0.652 bits per heavy atom. The first kappa shape index (κ1) is 13.6. The number of aromatic nitrogens is 1. The average molecular weight is 300 g/mol. The van der Waals surface area contributed by atoms with Gasteiger partial charge < -0.3 is 11.5 Å². The molecule has 0 aliphatic heterocycles. The van der Waals surface area contributed by atoms with Crippen LogP contribution in [0.3, 0.4) is 0 Å². The Kier molecular flexibility index (Phi) is 3.12. The minimum atomic E-state index is 0.766. The van der Waals surface area contributed by atoms with Crippen molar-refractivity contribution < 1.29 is 4.57 Å². The molecule has 3 heteroatoms. The molecule has 0 bridgehead atoms. The zero-order valence-electron chi connectivity index (χ0n) is 12.7. The van der Waals surface area contributed by atoms with Crippen LogP contribution in [0.4, 0.5) is 11.4 Å². The number of pyridine rings is 1. The number of rotatable bonds is 2. The van der Waals surface area contributed by atoms with Gasteiger partial charge in [-0.15, -0.1) is 0 Å². The van der Waals surface area contributed by atoms with Gasteiger partial charge in [-0.3, -0.25) is 0 Å². The summed E-state index contributed by atoms with van der Waals surface area (Å²) in [6.45, 7) is 0.779. The van der Waals surface area contributed by atoms with Gasteiger partial charge in [-0.05, 0) is 30.3 Å². The Bertz CT molecular complexity index is 947. The molecule has 0 saturated heterocycles. The van der Waals surface area contributed by atoms with E-state index in [0.717, 1.165) is 29.0 Å². The van der Waals surface area contributed by atoms with Crippen molar-refractivity contribution in [2.45, 2.75) is 6.54 Å². The molecule has 3 nitrogen and oxygen atoms in total. The van der Waals surface area contributed by atoms with Crippen LogP contribution in [0.25, 0.3) is 21.8 Å². The van der Waals surface area contributed by atoms with Crippen molar-refractivity contribution in [2.24, 2.45) is 0 Å². The van der Waals surface area contributed by atoms with E-state index in [-0.39, 0.29) is 0 Å². The zero-order valence-corrected chi connectivity index (χ0v) is 12.7. The second kappa shape index (κ2) is 5.29. The molecule has 4 aromatic rings. The maximum Gasteiger partial charge on any atom is 0.215 e. The fraction of sp³-hybridized carbons (Fsp3) is 0.0500. The summed E-state index contributed by atoms with van der Waals surface area (Å²) in [5.41, 5.74) is 17.1. The molecule has 0 radical (unpaired) electrons. The van der Waals surface area contributed by atoms with Crippen molar-refractivity contribution in [3.05, 3.63) is 78.4 Å². The highest BCUT2D eigenvalue weighted by atomic mass is 15.0. The first-order valence-electron chi connectivity index (χ1n) is 7.66. The molecule has 0 amide bonds. The minimum Gasteiger partial charge on any atom is -0.399 e. The molecule has 0 aliphatic carbocycles. The molecule has 0 saturated carbocycles. The molecular weight excluding hydrogens is 282 g/mol. The van der Waals surface area contributed by atoms with Gasteiger partial charge in [0.25, 0.3) is 0 Å². The lowest BCUT2D eigenvalue weighted by molar-refractivity contribution is -0.635. The minimum absolute atomic E-state index is 0.766. The van der Waals surface area contributed by atoms with Gasteiger partial charge >= 0.3 is 0 Å². The molecule has 0 spiro atoms. The molecule has 112 valence electrons. The highest BCUT2D eigenvalue weighted by Crippen LogP contribution is 2.22. The van der Waals surface area contributed by atoms with Crippen LogP contribution in [-0.2, 0) is 6.54 Å². The fourth-order valence-corrected chi connectivity index (χ4v) is 3.07. The topological polar surface area (TPSA) is 55.9 Å². The Labute approximate surface area is 134 Å². The summed E-state index contributed by atoms with van der Waals surface area (Å²) in [4.78, 5) is 0. The standard InChI is InChI=1S/C20H17N3/c21-17-8-6-15-10-16-7-9-18(22)12-20(16)23(19(15)11-17)13-14-4-2-1-3-5-14/h1-12H,13H2,(H3,21,22)/p+1. The quantitative estimate of drug-likeness (QED) is 0.338. The van der Waals surface area contributed by atoms with Gasteiger partial charge in [-0.2, -0.15) is 4.57 Å². The summed E-state index contributed by atoms with van der Waals surface area (Å²) in [7, 11) is 0. The molecule has 0 fully saturated rings. The Morgan fingerprint density at radius 2 is 1.22 bits per heavy atom. The van der Waals surface area contributed by atoms with Crippen molar-refractivity contribution >= 4 is 33.2 Å². The maximum atomic E-state index is 6.02. The predicted octanol–water partition coefficient (Wildman–Crippen LogP) is 3.49. The smallest absolute Gasteiger partial charge is 0.215 e. The largest absolute Gasteiger partial charge is 0.399 e. The summed E-state index contributed by atoms with van der Waals surface area (Å²) in [6, 6.07) is 24.7. The van der Waals surface area contributed by atoms with Crippen LogP contribution in [0.2, 0.25) is 0 Å². The Morgan fingerprint density at radius 3 is 1.78 bits per heavy atom. The predicted molar refractivity (Wildman–Crippen MR) is 96.0 cm³/mol. The first-order chi connectivity index (χ1) is 11.2. The SMILES string of the molecule is Nc1ccc2cc3ccc(N)cc3[n+](Cc3ccccc3)c2c1. The third-order valence-corrected chi connectivity index (χ3v) is 4.19. The molecule has 23 heavy (non-hydrogen) atoms. The van der Waals surface area contributed by atoms with Gasteiger partial charge in [-0.25, -0.2) is 0 Å². The molecule has 3 aromatic carbocycles. The van der Waals surface area contributed by atoms with E-state index >= 15 is 0 Å². The van der Waals surface area contributed by atoms with E-state index in [4.69, 9.17) is 11.5 Å². The van der Waals surface area contributed by atoms with E-state index in [0.29, 0.717) is 0 Å². The summed E-state index contributed by atoms with van der Waals surface area (Å²) in [6.07, 6.45) is 0. The number of benzene rings is 3. The van der Waals surface area contributed by atoms with Crippen LogP contribution in [0.15, 0.2) is 72.8 Å². The molecule has 1 aromatic heterocycles. The fourth-order valence-electron chi connectivity index (χ4n) is 3.07. The molecule has 0 atom stereocenters. The lowest BCUT2D eigenvalue weighted by Gasteiger charge is -2.08.